The van der Waals surface area contributed by atoms with Crippen molar-refractivity contribution < 1.29 is 19.2 Å². The molecule has 0 saturated heterocycles. The van der Waals surface area contributed by atoms with Crippen LogP contribution in [0.4, 0.5) is 0 Å². The van der Waals surface area contributed by atoms with E-state index in [0.717, 1.165) is 30.6 Å². The molecule has 2 aromatic carbocycles. The SMILES string of the molecule is Cc1c(-c2noc(-c3ccc(OC(C)C)c(C#N)c3)n2)ccc2c1CCN(CCC(=O)O)C2.[NaH]. The molecule has 0 atom stereocenters. The van der Waals surface area contributed by atoms with Gasteiger partial charge in [0.2, 0.25) is 5.82 Å². The van der Waals surface area contributed by atoms with Crippen molar-refractivity contribution in [1.82, 2.24) is 15.0 Å². The van der Waals surface area contributed by atoms with Crippen LogP contribution in [0.2, 0.25) is 0 Å². The van der Waals surface area contributed by atoms with Gasteiger partial charge in [0.25, 0.3) is 5.89 Å². The van der Waals surface area contributed by atoms with Gasteiger partial charge in [-0.15, -0.1) is 0 Å². The molecule has 0 bridgehead atoms. The normalized spacial score (nSPS) is 13.1. The molecule has 9 heteroatoms. The van der Waals surface area contributed by atoms with Crippen LogP contribution in [0.15, 0.2) is 34.9 Å². The number of carboxylic acids is 1. The van der Waals surface area contributed by atoms with Gasteiger partial charge in [0.1, 0.15) is 11.8 Å². The van der Waals surface area contributed by atoms with E-state index >= 15 is 0 Å². The number of aromatic nitrogens is 2. The minimum absolute atomic E-state index is 0. The molecule has 34 heavy (non-hydrogen) atoms. The maximum absolute atomic E-state index is 10.9. The molecular formula is C25H27N4NaO4. The van der Waals surface area contributed by atoms with Crippen LogP contribution in [0.5, 0.6) is 5.75 Å². The summed E-state index contributed by atoms with van der Waals surface area (Å²) in [6.45, 7) is 7.99. The van der Waals surface area contributed by atoms with E-state index in [-0.39, 0.29) is 42.1 Å². The van der Waals surface area contributed by atoms with Crippen molar-refractivity contribution in [3.8, 4) is 34.7 Å². The van der Waals surface area contributed by atoms with E-state index in [1.54, 1.807) is 18.2 Å². The zero-order chi connectivity index (χ0) is 23.5. The average Bonchev–Trinajstić information content (AvgIpc) is 3.27. The second-order valence-electron chi connectivity index (χ2n) is 8.46. The van der Waals surface area contributed by atoms with Crippen LogP contribution in [0.25, 0.3) is 22.8 Å². The molecule has 1 aromatic heterocycles. The molecule has 0 spiro atoms. The summed E-state index contributed by atoms with van der Waals surface area (Å²) in [6, 6.07) is 11.5. The molecule has 3 aromatic rings. The number of nitriles is 1. The van der Waals surface area contributed by atoms with Gasteiger partial charge in [0.15, 0.2) is 0 Å². The number of carboxylic acid groups (broad SMARTS) is 1. The Bertz CT molecular complexity index is 1230. The number of hydrogen-bond donors (Lipinski definition) is 1. The van der Waals surface area contributed by atoms with Crippen LogP contribution < -0.4 is 4.74 Å². The zero-order valence-corrected chi connectivity index (χ0v) is 19.0. The predicted molar refractivity (Wildman–Crippen MR) is 129 cm³/mol. The van der Waals surface area contributed by atoms with E-state index in [4.69, 9.17) is 14.4 Å². The topological polar surface area (TPSA) is 112 Å². The molecular weight excluding hydrogens is 443 g/mol. The standard InChI is InChI=1S/C25H26N4O4.Na.H/c1-15(2)32-22-7-5-17(12-19(22)13-26)25-27-24(28-33-25)21-6-4-18-14-29(11-9-23(30)31)10-8-20(18)16(21)3;;/h4-7,12,15H,8-11,14H2,1-3H3,(H,30,31);;. The fourth-order valence-electron chi connectivity index (χ4n) is 4.14. The molecule has 0 radical (unpaired) electrons. The summed E-state index contributed by atoms with van der Waals surface area (Å²) < 4.78 is 11.2. The number of hydrogen-bond acceptors (Lipinski definition) is 7. The summed E-state index contributed by atoms with van der Waals surface area (Å²) in [5.41, 5.74) is 5.55. The third kappa shape index (κ3) is 5.68. The predicted octanol–water partition coefficient (Wildman–Crippen LogP) is 3.56. The number of fused-ring (bicyclic) bond motifs is 1. The molecule has 0 amide bonds. The fraction of sp³-hybridized carbons (Fsp3) is 0.360. The van der Waals surface area contributed by atoms with Crippen molar-refractivity contribution in [2.24, 2.45) is 0 Å². The zero-order valence-electron chi connectivity index (χ0n) is 19.0. The van der Waals surface area contributed by atoms with Crippen LogP contribution in [0.1, 0.15) is 42.5 Å². The van der Waals surface area contributed by atoms with Crippen LogP contribution in [0, 0.1) is 18.3 Å². The summed E-state index contributed by atoms with van der Waals surface area (Å²) in [4.78, 5) is 17.6. The molecule has 0 aliphatic carbocycles. The Morgan fingerprint density at radius 3 is 2.82 bits per heavy atom. The second-order valence-corrected chi connectivity index (χ2v) is 8.46. The molecule has 1 N–H and O–H groups in total. The molecule has 1 aliphatic rings. The van der Waals surface area contributed by atoms with Gasteiger partial charge in [0, 0.05) is 30.8 Å². The van der Waals surface area contributed by atoms with Crippen LogP contribution in [0.3, 0.4) is 0 Å². The van der Waals surface area contributed by atoms with Gasteiger partial charge >= 0.3 is 35.5 Å². The van der Waals surface area contributed by atoms with Crippen LogP contribution >= 0.6 is 0 Å². The van der Waals surface area contributed by atoms with E-state index in [9.17, 15) is 10.1 Å². The molecule has 172 valence electrons. The average molecular weight is 471 g/mol. The Morgan fingerprint density at radius 1 is 1.32 bits per heavy atom. The van der Waals surface area contributed by atoms with Gasteiger partial charge in [-0.05, 0) is 62.1 Å². The number of ether oxygens (including phenoxy) is 1. The van der Waals surface area contributed by atoms with Crippen molar-refractivity contribution in [1.29, 1.82) is 5.26 Å². The first-order valence-corrected chi connectivity index (χ1v) is 11.0. The third-order valence-corrected chi connectivity index (χ3v) is 5.79. The van der Waals surface area contributed by atoms with E-state index in [1.807, 2.05) is 19.9 Å². The van der Waals surface area contributed by atoms with Crippen LogP contribution in [-0.4, -0.2) is 74.9 Å². The molecule has 2 heterocycles. The first-order chi connectivity index (χ1) is 15.9. The number of carbonyl (C=O) groups is 1. The molecule has 0 fully saturated rings. The van der Waals surface area contributed by atoms with Gasteiger partial charge in [0.05, 0.1) is 18.1 Å². The number of aliphatic carboxylic acids is 1. The van der Waals surface area contributed by atoms with E-state index < -0.39 is 5.97 Å². The van der Waals surface area contributed by atoms with E-state index in [1.165, 1.54) is 11.1 Å². The number of benzene rings is 2. The number of nitrogens with zero attached hydrogens (tertiary/aromatic N) is 4. The molecule has 4 rings (SSSR count). The first kappa shape index (κ1) is 25.9. The Labute approximate surface area is 220 Å². The van der Waals surface area contributed by atoms with Crippen molar-refractivity contribution in [2.75, 3.05) is 13.1 Å². The summed E-state index contributed by atoms with van der Waals surface area (Å²) >= 11 is 0. The summed E-state index contributed by atoms with van der Waals surface area (Å²) in [5.74, 6) is 0.595. The Balaban J connectivity index is 0.00000324. The third-order valence-electron chi connectivity index (χ3n) is 5.79. The molecule has 0 unspecified atom stereocenters. The second kappa shape index (κ2) is 11.2. The molecule has 0 saturated carbocycles. The van der Waals surface area contributed by atoms with Gasteiger partial charge < -0.3 is 14.4 Å². The summed E-state index contributed by atoms with van der Waals surface area (Å²) in [6.07, 6.45) is 0.965. The Hall–Kier alpha value is -2.70. The summed E-state index contributed by atoms with van der Waals surface area (Å²) in [7, 11) is 0. The first-order valence-electron chi connectivity index (χ1n) is 11.0. The van der Waals surface area contributed by atoms with Gasteiger partial charge in [-0.1, -0.05) is 17.3 Å². The van der Waals surface area contributed by atoms with Crippen molar-refractivity contribution in [3.63, 3.8) is 0 Å². The Kier molecular flexibility index (Phi) is 8.50. The van der Waals surface area contributed by atoms with Crippen molar-refractivity contribution >= 4 is 35.5 Å². The molecule has 1 aliphatic heterocycles. The molecule has 8 nitrogen and oxygen atoms in total. The van der Waals surface area contributed by atoms with E-state index in [2.05, 4.69) is 34.1 Å². The van der Waals surface area contributed by atoms with Gasteiger partial charge in [-0.25, -0.2) is 0 Å². The van der Waals surface area contributed by atoms with Gasteiger partial charge in [-0.3, -0.25) is 9.69 Å². The number of rotatable bonds is 7. The Morgan fingerprint density at radius 2 is 2.12 bits per heavy atom. The maximum atomic E-state index is 10.9. The minimum atomic E-state index is -0.774. The van der Waals surface area contributed by atoms with Crippen molar-refractivity contribution in [3.05, 3.63) is 52.6 Å². The summed E-state index contributed by atoms with van der Waals surface area (Å²) in [5, 5.41) is 22.6. The van der Waals surface area contributed by atoms with Crippen LogP contribution in [-0.2, 0) is 17.8 Å². The monoisotopic (exact) mass is 470 g/mol. The van der Waals surface area contributed by atoms with Gasteiger partial charge in [-0.2, -0.15) is 10.2 Å². The van der Waals surface area contributed by atoms with Crippen molar-refractivity contribution in [2.45, 2.75) is 46.3 Å². The fourth-order valence-corrected chi connectivity index (χ4v) is 4.14. The van der Waals surface area contributed by atoms with E-state index in [0.29, 0.717) is 35.1 Å². The quantitative estimate of drug-likeness (QED) is 0.522.